The number of benzene rings is 2. The number of piperidine rings is 1. The van der Waals surface area contributed by atoms with Crippen LogP contribution in [-0.4, -0.2) is 27.7 Å². The summed E-state index contributed by atoms with van der Waals surface area (Å²) in [5.41, 5.74) is 2.35. The molecule has 0 unspecified atom stereocenters. The monoisotopic (exact) mass is 379 g/mol. The van der Waals surface area contributed by atoms with Gasteiger partial charge in [0.1, 0.15) is 11.3 Å². The lowest BCUT2D eigenvalue weighted by atomic mass is 9.92. The lowest BCUT2D eigenvalue weighted by molar-refractivity contribution is 0.0204. The van der Waals surface area contributed by atoms with Crippen LogP contribution in [0, 0.1) is 6.92 Å². The molecule has 1 aliphatic rings. The molecule has 5 nitrogen and oxygen atoms in total. The van der Waals surface area contributed by atoms with Gasteiger partial charge in [-0.25, -0.2) is 4.79 Å². The Kier molecular flexibility index (Phi) is 5.20. The summed E-state index contributed by atoms with van der Waals surface area (Å²) in [7, 11) is 0. The molecule has 0 radical (unpaired) electrons. The minimum atomic E-state index is -0.571. The number of aliphatic hydroxyl groups is 1. The van der Waals surface area contributed by atoms with Crippen LogP contribution in [0.3, 0.4) is 0 Å². The molecule has 4 rings (SSSR count). The normalized spacial score (nSPS) is 19.0. The summed E-state index contributed by atoms with van der Waals surface area (Å²) in [6.07, 6.45) is 2.49. The van der Waals surface area contributed by atoms with Crippen LogP contribution in [0.25, 0.3) is 11.0 Å². The predicted octanol–water partition coefficient (Wildman–Crippen LogP) is 3.90. The van der Waals surface area contributed by atoms with E-state index in [2.05, 4.69) is 4.90 Å². The molecule has 2 aromatic carbocycles. The van der Waals surface area contributed by atoms with Crippen LogP contribution >= 0.6 is 0 Å². The largest absolute Gasteiger partial charge is 0.508 e. The Labute approximate surface area is 163 Å². The summed E-state index contributed by atoms with van der Waals surface area (Å²) in [6, 6.07) is 14.7. The Morgan fingerprint density at radius 2 is 1.96 bits per heavy atom. The van der Waals surface area contributed by atoms with E-state index in [0.717, 1.165) is 42.3 Å². The van der Waals surface area contributed by atoms with E-state index in [1.165, 1.54) is 6.07 Å². The van der Waals surface area contributed by atoms with Crippen LogP contribution in [0.15, 0.2) is 57.7 Å². The third-order valence-corrected chi connectivity index (χ3v) is 5.76. The zero-order valence-electron chi connectivity index (χ0n) is 16.0. The molecule has 2 heterocycles. The molecule has 2 atom stereocenters. The molecular formula is C23H25NO4. The average Bonchev–Trinajstić information content (AvgIpc) is 2.71. The maximum absolute atomic E-state index is 12.1. The maximum atomic E-state index is 12.1. The highest BCUT2D eigenvalue weighted by Gasteiger charge is 2.30. The summed E-state index contributed by atoms with van der Waals surface area (Å²) >= 11 is 0. The summed E-state index contributed by atoms with van der Waals surface area (Å²) in [5, 5.41) is 21.8. The topological polar surface area (TPSA) is 73.9 Å². The van der Waals surface area contributed by atoms with Gasteiger partial charge in [-0.15, -0.1) is 0 Å². The molecule has 28 heavy (non-hydrogen) atoms. The van der Waals surface area contributed by atoms with Crippen molar-refractivity contribution in [2.75, 3.05) is 6.54 Å². The van der Waals surface area contributed by atoms with Crippen molar-refractivity contribution in [1.82, 2.24) is 4.90 Å². The Balaban J connectivity index is 1.69. The van der Waals surface area contributed by atoms with Crippen molar-refractivity contribution >= 4 is 11.0 Å². The van der Waals surface area contributed by atoms with Gasteiger partial charge in [0.25, 0.3) is 0 Å². The number of likely N-dealkylation sites (tertiary alicyclic amines) is 1. The average molecular weight is 379 g/mol. The molecule has 0 spiro atoms. The first kappa shape index (κ1) is 18.7. The predicted molar refractivity (Wildman–Crippen MR) is 108 cm³/mol. The summed E-state index contributed by atoms with van der Waals surface area (Å²) in [5.74, 6) is 0.114. The zero-order valence-corrected chi connectivity index (χ0v) is 16.0. The van der Waals surface area contributed by atoms with Crippen molar-refractivity contribution in [3.63, 3.8) is 0 Å². The summed E-state index contributed by atoms with van der Waals surface area (Å²) in [4.78, 5) is 14.4. The number of aryl methyl sites for hydroxylation is 1. The number of phenols is 1. The van der Waals surface area contributed by atoms with E-state index in [4.69, 9.17) is 4.42 Å². The molecule has 146 valence electrons. The molecule has 0 bridgehead atoms. The lowest BCUT2D eigenvalue weighted by Crippen LogP contribution is -2.42. The van der Waals surface area contributed by atoms with Crippen LogP contribution in [0.2, 0.25) is 0 Å². The Morgan fingerprint density at radius 3 is 2.75 bits per heavy atom. The van der Waals surface area contributed by atoms with Crippen LogP contribution in [0.1, 0.15) is 42.1 Å². The fraction of sp³-hybridized carbons (Fsp3) is 0.348. The highest BCUT2D eigenvalue weighted by Crippen LogP contribution is 2.32. The minimum absolute atomic E-state index is 0.00309. The quantitative estimate of drug-likeness (QED) is 0.673. The third-order valence-electron chi connectivity index (χ3n) is 5.76. The van der Waals surface area contributed by atoms with Gasteiger partial charge in [0, 0.05) is 29.6 Å². The highest BCUT2D eigenvalue weighted by atomic mass is 16.4. The maximum Gasteiger partial charge on any atom is 0.336 e. The Bertz CT molecular complexity index is 1030. The summed E-state index contributed by atoms with van der Waals surface area (Å²) < 4.78 is 5.36. The second-order valence-corrected chi connectivity index (χ2v) is 7.57. The second-order valence-electron chi connectivity index (χ2n) is 7.57. The van der Waals surface area contributed by atoms with Crippen LogP contribution < -0.4 is 5.63 Å². The fourth-order valence-corrected chi connectivity index (χ4v) is 4.21. The molecule has 1 fully saturated rings. The molecule has 1 aromatic heterocycles. The molecule has 1 saturated heterocycles. The van der Waals surface area contributed by atoms with E-state index in [-0.39, 0.29) is 11.8 Å². The molecular weight excluding hydrogens is 354 g/mol. The van der Waals surface area contributed by atoms with E-state index in [0.29, 0.717) is 17.7 Å². The SMILES string of the molecule is Cc1c(O)ccc2c(CN3CCCC[C@H]3[C@@H](O)c3ccccc3)cc(=O)oc12. The second kappa shape index (κ2) is 7.78. The Hall–Kier alpha value is -2.63. The van der Waals surface area contributed by atoms with Crippen molar-refractivity contribution in [3.05, 3.63) is 75.6 Å². The number of fused-ring (bicyclic) bond motifs is 1. The van der Waals surface area contributed by atoms with E-state index < -0.39 is 11.7 Å². The number of phenolic OH excluding ortho intramolecular Hbond substituents is 1. The van der Waals surface area contributed by atoms with Gasteiger partial charge >= 0.3 is 5.63 Å². The Morgan fingerprint density at radius 1 is 1.18 bits per heavy atom. The smallest absolute Gasteiger partial charge is 0.336 e. The van der Waals surface area contributed by atoms with Gasteiger partial charge in [-0.3, -0.25) is 4.90 Å². The van der Waals surface area contributed by atoms with E-state index in [1.54, 1.807) is 19.1 Å². The van der Waals surface area contributed by atoms with Crippen molar-refractivity contribution in [2.45, 2.75) is 44.9 Å². The highest BCUT2D eigenvalue weighted by molar-refractivity contribution is 5.84. The summed E-state index contributed by atoms with van der Waals surface area (Å²) in [6.45, 7) is 3.17. The molecule has 1 aliphatic heterocycles. The van der Waals surface area contributed by atoms with Gasteiger partial charge < -0.3 is 14.6 Å². The van der Waals surface area contributed by atoms with Gasteiger partial charge in [-0.05, 0) is 49.6 Å². The number of hydrogen-bond donors (Lipinski definition) is 2. The van der Waals surface area contributed by atoms with E-state index >= 15 is 0 Å². The number of rotatable bonds is 4. The molecule has 5 heteroatoms. The first-order chi connectivity index (χ1) is 13.5. The molecule has 0 aliphatic carbocycles. The fourth-order valence-electron chi connectivity index (χ4n) is 4.21. The first-order valence-electron chi connectivity index (χ1n) is 9.77. The van der Waals surface area contributed by atoms with Gasteiger partial charge in [-0.2, -0.15) is 0 Å². The number of nitrogens with zero attached hydrogens (tertiary/aromatic N) is 1. The van der Waals surface area contributed by atoms with E-state index in [9.17, 15) is 15.0 Å². The van der Waals surface area contributed by atoms with Crippen molar-refractivity contribution in [1.29, 1.82) is 0 Å². The van der Waals surface area contributed by atoms with Gasteiger partial charge in [0.05, 0.1) is 6.10 Å². The van der Waals surface area contributed by atoms with Gasteiger partial charge in [0.2, 0.25) is 0 Å². The number of hydrogen-bond acceptors (Lipinski definition) is 5. The molecule has 3 aromatic rings. The first-order valence-corrected chi connectivity index (χ1v) is 9.77. The van der Waals surface area contributed by atoms with Crippen LogP contribution in [0.5, 0.6) is 5.75 Å². The van der Waals surface area contributed by atoms with Crippen molar-refractivity contribution in [2.24, 2.45) is 0 Å². The standard InChI is InChI=1S/C23H25NO4/c1-15-20(25)11-10-18-17(13-21(26)28-23(15)18)14-24-12-6-5-9-19(24)22(27)16-7-3-2-4-8-16/h2-4,7-8,10-11,13,19,22,25,27H,5-6,9,12,14H2,1H3/t19-,22-/m0/s1. The lowest BCUT2D eigenvalue weighted by Gasteiger charge is -2.38. The zero-order chi connectivity index (χ0) is 19.7. The van der Waals surface area contributed by atoms with Crippen molar-refractivity contribution < 1.29 is 14.6 Å². The molecule has 2 N–H and O–H groups in total. The van der Waals surface area contributed by atoms with Crippen LogP contribution in [0.4, 0.5) is 0 Å². The molecule has 0 saturated carbocycles. The number of aliphatic hydroxyl groups excluding tert-OH is 1. The van der Waals surface area contributed by atoms with Gasteiger partial charge in [0.15, 0.2) is 0 Å². The van der Waals surface area contributed by atoms with Crippen molar-refractivity contribution in [3.8, 4) is 5.75 Å². The number of aromatic hydroxyl groups is 1. The van der Waals surface area contributed by atoms with E-state index in [1.807, 2.05) is 30.3 Å². The molecule has 0 amide bonds. The van der Waals surface area contributed by atoms with Crippen LogP contribution in [-0.2, 0) is 6.54 Å². The van der Waals surface area contributed by atoms with Gasteiger partial charge in [-0.1, -0.05) is 36.8 Å². The minimum Gasteiger partial charge on any atom is -0.508 e. The third kappa shape index (κ3) is 3.55.